The first kappa shape index (κ1) is 19.3. The normalized spacial score (nSPS) is 18.2. The molecule has 0 aliphatic carbocycles. The highest BCUT2D eigenvalue weighted by molar-refractivity contribution is 8.16. The van der Waals surface area contributed by atoms with Gasteiger partial charge in [-0.15, -0.1) is 0 Å². The minimum Gasteiger partial charge on any atom is -0.497 e. The Morgan fingerprint density at radius 3 is 2.52 bits per heavy atom. The summed E-state index contributed by atoms with van der Waals surface area (Å²) < 4.78 is 10.7. The van der Waals surface area contributed by atoms with Gasteiger partial charge in [-0.3, -0.25) is 0 Å². The number of ether oxygens (including phenoxy) is 2. The lowest BCUT2D eigenvalue weighted by atomic mass is 9.93. The molecule has 0 bridgehead atoms. The standard InChI is InChI=1S/C23H22N2O3S/c1-4-28-22(26)20-15(2)24-23-25(19(14-29-23)16-8-6-5-7-9-16)21(20)17-10-12-18(27-3)13-11-17/h5-14,21H,4H2,1-3H3. The fourth-order valence-electron chi connectivity index (χ4n) is 3.57. The summed E-state index contributed by atoms with van der Waals surface area (Å²) in [5.74, 6) is 0.435. The molecule has 0 N–H and O–H groups in total. The molecular weight excluding hydrogens is 384 g/mol. The molecular formula is C23H22N2O3S. The number of carbonyl (C=O) groups is 1. The van der Waals surface area contributed by atoms with Crippen LogP contribution in [0.5, 0.6) is 5.75 Å². The summed E-state index contributed by atoms with van der Waals surface area (Å²) in [6.45, 7) is 4.00. The number of nitrogens with zero attached hydrogens (tertiary/aromatic N) is 2. The molecule has 2 aromatic carbocycles. The van der Waals surface area contributed by atoms with E-state index in [0.717, 1.165) is 27.7 Å². The molecule has 0 aromatic heterocycles. The van der Waals surface area contributed by atoms with Gasteiger partial charge in [-0.25, -0.2) is 9.79 Å². The minimum absolute atomic E-state index is 0.317. The molecule has 4 rings (SSSR count). The summed E-state index contributed by atoms with van der Waals surface area (Å²) in [5, 5.41) is 2.95. The second-order valence-corrected chi connectivity index (χ2v) is 7.48. The van der Waals surface area contributed by atoms with Gasteiger partial charge in [-0.2, -0.15) is 0 Å². The molecule has 0 amide bonds. The number of allylic oxidation sites excluding steroid dienone is 1. The van der Waals surface area contributed by atoms with E-state index < -0.39 is 0 Å². The van der Waals surface area contributed by atoms with Crippen LogP contribution in [-0.2, 0) is 9.53 Å². The second kappa shape index (κ2) is 8.17. The maximum atomic E-state index is 12.9. The topological polar surface area (TPSA) is 51.1 Å². The van der Waals surface area contributed by atoms with E-state index in [2.05, 4.69) is 22.4 Å². The van der Waals surface area contributed by atoms with Crippen molar-refractivity contribution in [2.75, 3.05) is 13.7 Å². The molecule has 0 fully saturated rings. The number of fused-ring (bicyclic) bond motifs is 1. The Balaban J connectivity index is 1.85. The number of hydrogen-bond acceptors (Lipinski definition) is 6. The van der Waals surface area contributed by atoms with Crippen molar-refractivity contribution in [1.82, 2.24) is 4.90 Å². The fraction of sp³-hybridized carbons (Fsp3) is 0.217. The summed E-state index contributed by atoms with van der Waals surface area (Å²) in [7, 11) is 1.64. The molecule has 2 aliphatic heterocycles. The summed E-state index contributed by atoms with van der Waals surface area (Å²) >= 11 is 1.57. The lowest BCUT2D eigenvalue weighted by Crippen LogP contribution is -2.36. The molecule has 0 radical (unpaired) electrons. The molecule has 0 spiro atoms. The zero-order chi connectivity index (χ0) is 20.4. The summed E-state index contributed by atoms with van der Waals surface area (Å²) in [6.07, 6.45) is 0. The Kier molecular flexibility index (Phi) is 5.45. The van der Waals surface area contributed by atoms with Crippen molar-refractivity contribution in [3.05, 3.63) is 82.4 Å². The molecule has 29 heavy (non-hydrogen) atoms. The van der Waals surface area contributed by atoms with Crippen LogP contribution in [0.15, 0.2) is 76.3 Å². The van der Waals surface area contributed by atoms with E-state index >= 15 is 0 Å². The van der Waals surface area contributed by atoms with Gasteiger partial charge in [0.2, 0.25) is 0 Å². The van der Waals surface area contributed by atoms with Gasteiger partial charge < -0.3 is 14.4 Å². The predicted octanol–water partition coefficient (Wildman–Crippen LogP) is 4.99. The molecule has 0 saturated carbocycles. The SMILES string of the molecule is CCOC(=O)C1=C(C)N=C2SC=C(c3ccccc3)N2C1c1ccc(OC)cc1. The van der Waals surface area contributed by atoms with Crippen LogP contribution in [0.3, 0.4) is 0 Å². The Labute approximate surface area is 174 Å². The molecule has 0 saturated heterocycles. The van der Waals surface area contributed by atoms with Crippen LogP contribution in [0, 0.1) is 0 Å². The predicted molar refractivity (Wildman–Crippen MR) is 116 cm³/mol. The van der Waals surface area contributed by atoms with Crippen molar-refractivity contribution < 1.29 is 14.3 Å². The number of rotatable bonds is 5. The zero-order valence-electron chi connectivity index (χ0n) is 16.6. The first-order chi connectivity index (χ1) is 14.1. The molecule has 2 heterocycles. The number of thioether (sulfide) groups is 1. The van der Waals surface area contributed by atoms with Gasteiger partial charge >= 0.3 is 5.97 Å². The first-order valence-corrected chi connectivity index (χ1v) is 10.3. The summed E-state index contributed by atoms with van der Waals surface area (Å²) in [4.78, 5) is 19.8. The fourth-order valence-corrected chi connectivity index (χ4v) is 4.55. The minimum atomic E-state index is -0.335. The van der Waals surface area contributed by atoms with Crippen LogP contribution in [0.1, 0.15) is 31.0 Å². The highest BCUT2D eigenvalue weighted by atomic mass is 32.2. The monoisotopic (exact) mass is 406 g/mol. The highest BCUT2D eigenvalue weighted by Crippen LogP contribution is 2.47. The summed E-state index contributed by atoms with van der Waals surface area (Å²) in [5.41, 5.74) is 4.32. The van der Waals surface area contributed by atoms with Crippen molar-refractivity contribution in [2.24, 2.45) is 4.99 Å². The number of esters is 1. The Bertz CT molecular complexity index is 1010. The number of methoxy groups -OCH3 is 1. The van der Waals surface area contributed by atoms with E-state index in [1.807, 2.05) is 56.3 Å². The number of hydrogen-bond donors (Lipinski definition) is 0. The molecule has 2 aromatic rings. The maximum Gasteiger partial charge on any atom is 0.338 e. The van der Waals surface area contributed by atoms with Gasteiger partial charge in [0.25, 0.3) is 0 Å². The number of carbonyl (C=O) groups excluding carboxylic acids is 1. The van der Waals surface area contributed by atoms with Gasteiger partial charge in [0, 0.05) is 5.41 Å². The first-order valence-electron chi connectivity index (χ1n) is 9.46. The zero-order valence-corrected chi connectivity index (χ0v) is 17.4. The van der Waals surface area contributed by atoms with Crippen LogP contribution < -0.4 is 4.74 Å². The number of aliphatic imine (C=N–C) groups is 1. The Morgan fingerprint density at radius 2 is 1.86 bits per heavy atom. The molecule has 6 heteroatoms. The van der Waals surface area contributed by atoms with Crippen LogP contribution in [0.4, 0.5) is 0 Å². The molecule has 5 nitrogen and oxygen atoms in total. The number of amidine groups is 1. The average molecular weight is 407 g/mol. The molecule has 2 aliphatic rings. The Hall–Kier alpha value is -2.99. The van der Waals surface area contributed by atoms with E-state index in [0.29, 0.717) is 17.9 Å². The molecule has 148 valence electrons. The second-order valence-electron chi connectivity index (χ2n) is 6.65. The van der Waals surface area contributed by atoms with Crippen molar-refractivity contribution in [3.8, 4) is 5.75 Å². The third-order valence-corrected chi connectivity index (χ3v) is 5.76. The summed E-state index contributed by atoms with van der Waals surface area (Å²) in [6, 6.07) is 17.6. The highest BCUT2D eigenvalue weighted by Gasteiger charge is 2.41. The third kappa shape index (κ3) is 3.56. The van der Waals surface area contributed by atoms with Crippen LogP contribution in [-0.4, -0.2) is 29.8 Å². The quantitative estimate of drug-likeness (QED) is 0.655. The van der Waals surface area contributed by atoms with E-state index in [4.69, 9.17) is 14.5 Å². The maximum absolute atomic E-state index is 12.9. The lowest BCUT2D eigenvalue weighted by molar-refractivity contribution is -0.139. The van der Waals surface area contributed by atoms with Crippen molar-refractivity contribution in [1.29, 1.82) is 0 Å². The van der Waals surface area contributed by atoms with E-state index in [-0.39, 0.29) is 12.0 Å². The Morgan fingerprint density at radius 1 is 1.14 bits per heavy atom. The van der Waals surface area contributed by atoms with Crippen molar-refractivity contribution in [3.63, 3.8) is 0 Å². The largest absolute Gasteiger partial charge is 0.497 e. The van der Waals surface area contributed by atoms with E-state index in [1.54, 1.807) is 18.9 Å². The molecule has 1 unspecified atom stereocenters. The van der Waals surface area contributed by atoms with Crippen molar-refractivity contribution in [2.45, 2.75) is 19.9 Å². The van der Waals surface area contributed by atoms with Gasteiger partial charge in [0.15, 0.2) is 5.17 Å². The van der Waals surface area contributed by atoms with Crippen LogP contribution in [0.2, 0.25) is 0 Å². The molecule has 1 atom stereocenters. The van der Waals surface area contributed by atoms with Gasteiger partial charge in [0.1, 0.15) is 5.75 Å². The van der Waals surface area contributed by atoms with Gasteiger partial charge in [-0.05, 0) is 37.1 Å². The smallest absolute Gasteiger partial charge is 0.338 e. The lowest BCUT2D eigenvalue weighted by Gasteiger charge is -2.36. The van der Waals surface area contributed by atoms with Crippen LogP contribution in [0.25, 0.3) is 5.70 Å². The average Bonchev–Trinajstić information content (AvgIpc) is 3.17. The van der Waals surface area contributed by atoms with Gasteiger partial charge in [0.05, 0.1) is 36.7 Å². The van der Waals surface area contributed by atoms with E-state index in [1.165, 1.54) is 0 Å². The van der Waals surface area contributed by atoms with E-state index in [9.17, 15) is 4.79 Å². The van der Waals surface area contributed by atoms with Gasteiger partial charge in [-0.1, -0.05) is 54.2 Å². The third-order valence-electron chi connectivity index (χ3n) is 4.92. The van der Waals surface area contributed by atoms with Crippen LogP contribution >= 0.6 is 11.8 Å². The van der Waals surface area contributed by atoms with Crippen molar-refractivity contribution >= 4 is 28.6 Å². The number of benzene rings is 2.